The maximum Gasteiger partial charge on any atom is 0.0329 e. The molecule has 1 aliphatic carbocycles. The van der Waals surface area contributed by atoms with Crippen LogP contribution in [0.5, 0.6) is 0 Å². The Morgan fingerprint density at radius 3 is 3.06 bits per heavy atom. The van der Waals surface area contributed by atoms with Gasteiger partial charge in [0.1, 0.15) is 0 Å². The van der Waals surface area contributed by atoms with Crippen LogP contribution in [0.1, 0.15) is 34.7 Å². The molecule has 1 N–H and O–H groups in total. The van der Waals surface area contributed by atoms with Crippen molar-refractivity contribution in [3.8, 4) is 0 Å². The summed E-state index contributed by atoms with van der Waals surface area (Å²) in [6, 6.07) is 11.3. The van der Waals surface area contributed by atoms with Gasteiger partial charge in [-0.25, -0.2) is 0 Å². The lowest BCUT2D eigenvalue weighted by Crippen LogP contribution is -2.19. The third-order valence-corrected chi connectivity index (χ3v) is 3.82. The lowest BCUT2D eigenvalue weighted by Gasteiger charge is -2.14. The van der Waals surface area contributed by atoms with Gasteiger partial charge in [0, 0.05) is 25.0 Å². The zero-order chi connectivity index (χ0) is 12.4. The molecule has 92 valence electrons. The lowest BCUT2D eigenvalue weighted by molar-refractivity contribution is 0.529. The highest BCUT2D eigenvalue weighted by molar-refractivity contribution is 5.34. The summed E-state index contributed by atoms with van der Waals surface area (Å²) in [6.45, 7) is 3.04. The molecule has 2 aromatic rings. The first-order chi connectivity index (χ1) is 8.84. The lowest BCUT2D eigenvalue weighted by atomic mass is 10.1. The summed E-state index contributed by atoms with van der Waals surface area (Å²) < 4.78 is 0. The van der Waals surface area contributed by atoms with Crippen molar-refractivity contribution in [2.45, 2.75) is 32.4 Å². The fourth-order valence-corrected chi connectivity index (χ4v) is 2.68. The molecule has 0 saturated carbocycles. The van der Waals surface area contributed by atoms with E-state index in [1.54, 1.807) is 0 Å². The van der Waals surface area contributed by atoms with Crippen molar-refractivity contribution in [2.24, 2.45) is 0 Å². The predicted octanol–water partition coefficient (Wildman–Crippen LogP) is 3.17. The van der Waals surface area contributed by atoms with Crippen LogP contribution in [0.3, 0.4) is 0 Å². The average Bonchev–Trinajstić information content (AvgIpc) is 2.81. The van der Waals surface area contributed by atoms with Gasteiger partial charge >= 0.3 is 0 Å². The third-order valence-electron chi connectivity index (χ3n) is 3.82. The number of fused-ring (bicyclic) bond motifs is 1. The fourth-order valence-electron chi connectivity index (χ4n) is 2.68. The monoisotopic (exact) mass is 238 g/mol. The van der Waals surface area contributed by atoms with Crippen LogP contribution in [0, 0.1) is 6.92 Å². The molecule has 2 nitrogen and oxygen atoms in total. The first-order valence-electron chi connectivity index (χ1n) is 6.55. The minimum Gasteiger partial charge on any atom is -0.306 e. The number of aromatic nitrogens is 1. The minimum absolute atomic E-state index is 0.501. The van der Waals surface area contributed by atoms with E-state index in [9.17, 15) is 0 Å². The van der Waals surface area contributed by atoms with E-state index in [-0.39, 0.29) is 0 Å². The molecule has 0 aliphatic heterocycles. The molecule has 1 heterocycles. The zero-order valence-electron chi connectivity index (χ0n) is 10.7. The van der Waals surface area contributed by atoms with E-state index in [1.165, 1.54) is 35.1 Å². The van der Waals surface area contributed by atoms with Crippen molar-refractivity contribution in [3.63, 3.8) is 0 Å². The predicted molar refractivity (Wildman–Crippen MR) is 73.3 cm³/mol. The van der Waals surface area contributed by atoms with Crippen LogP contribution < -0.4 is 5.32 Å². The largest absolute Gasteiger partial charge is 0.306 e. The number of benzene rings is 1. The van der Waals surface area contributed by atoms with Crippen molar-refractivity contribution in [1.29, 1.82) is 0 Å². The van der Waals surface area contributed by atoms with Crippen molar-refractivity contribution in [2.75, 3.05) is 0 Å². The van der Waals surface area contributed by atoms with Gasteiger partial charge < -0.3 is 5.32 Å². The van der Waals surface area contributed by atoms with Crippen molar-refractivity contribution in [1.82, 2.24) is 10.3 Å². The number of rotatable bonds is 3. The Kier molecular flexibility index (Phi) is 3.11. The molecular weight excluding hydrogens is 220 g/mol. The Bertz CT molecular complexity index is 548. The summed E-state index contributed by atoms with van der Waals surface area (Å²) >= 11 is 0. The second kappa shape index (κ2) is 4.91. The number of pyridine rings is 1. The van der Waals surface area contributed by atoms with E-state index < -0.39 is 0 Å². The molecule has 0 fully saturated rings. The Balaban J connectivity index is 1.71. The third kappa shape index (κ3) is 2.16. The van der Waals surface area contributed by atoms with Crippen molar-refractivity contribution >= 4 is 0 Å². The quantitative estimate of drug-likeness (QED) is 0.888. The van der Waals surface area contributed by atoms with E-state index in [4.69, 9.17) is 0 Å². The summed E-state index contributed by atoms with van der Waals surface area (Å²) in [5, 5.41) is 3.65. The normalized spacial score (nSPS) is 17.7. The van der Waals surface area contributed by atoms with Crippen LogP contribution in [-0.2, 0) is 13.0 Å². The van der Waals surface area contributed by atoms with Gasteiger partial charge in [-0.05, 0) is 48.1 Å². The Morgan fingerprint density at radius 1 is 1.28 bits per heavy atom. The van der Waals surface area contributed by atoms with E-state index in [2.05, 4.69) is 47.6 Å². The molecular formula is C16H18N2. The number of aryl methyl sites for hydroxylation is 2. The van der Waals surface area contributed by atoms with Crippen LogP contribution in [0.25, 0.3) is 0 Å². The second-order valence-corrected chi connectivity index (χ2v) is 4.97. The van der Waals surface area contributed by atoms with Crippen LogP contribution in [0.2, 0.25) is 0 Å². The molecule has 0 radical (unpaired) electrons. The molecule has 1 atom stereocenters. The van der Waals surface area contributed by atoms with E-state index in [0.29, 0.717) is 6.04 Å². The summed E-state index contributed by atoms with van der Waals surface area (Å²) in [5.74, 6) is 0. The van der Waals surface area contributed by atoms with Crippen molar-refractivity contribution < 1.29 is 0 Å². The Hall–Kier alpha value is -1.67. The standard InChI is InChI=1S/C16H18N2/c1-12-8-9-17-10-14(12)11-18-16-7-6-13-4-2-3-5-15(13)16/h2-5,8-10,16,18H,6-7,11H2,1H3. The molecule has 3 rings (SSSR count). The summed E-state index contributed by atoms with van der Waals surface area (Å²) in [4.78, 5) is 4.20. The molecule has 1 aromatic heterocycles. The Morgan fingerprint density at radius 2 is 2.17 bits per heavy atom. The van der Waals surface area contributed by atoms with E-state index >= 15 is 0 Å². The fraction of sp³-hybridized carbons (Fsp3) is 0.312. The minimum atomic E-state index is 0.501. The van der Waals surface area contributed by atoms with Gasteiger partial charge in [-0.15, -0.1) is 0 Å². The zero-order valence-corrected chi connectivity index (χ0v) is 10.7. The van der Waals surface area contributed by atoms with Gasteiger partial charge in [-0.1, -0.05) is 24.3 Å². The highest BCUT2D eigenvalue weighted by atomic mass is 14.9. The summed E-state index contributed by atoms with van der Waals surface area (Å²) in [7, 11) is 0. The van der Waals surface area contributed by atoms with Crippen LogP contribution in [0.4, 0.5) is 0 Å². The van der Waals surface area contributed by atoms with Gasteiger partial charge in [0.2, 0.25) is 0 Å². The van der Waals surface area contributed by atoms with Gasteiger partial charge in [0.15, 0.2) is 0 Å². The van der Waals surface area contributed by atoms with E-state index in [0.717, 1.165) is 6.54 Å². The molecule has 0 bridgehead atoms. The van der Waals surface area contributed by atoms with Crippen LogP contribution in [0.15, 0.2) is 42.7 Å². The summed E-state index contributed by atoms with van der Waals surface area (Å²) in [5.41, 5.74) is 5.57. The topological polar surface area (TPSA) is 24.9 Å². The second-order valence-electron chi connectivity index (χ2n) is 4.97. The van der Waals surface area contributed by atoms with Gasteiger partial charge in [-0.2, -0.15) is 0 Å². The van der Waals surface area contributed by atoms with Gasteiger partial charge in [0.05, 0.1) is 0 Å². The van der Waals surface area contributed by atoms with Gasteiger partial charge in [0.25, 0.3) is 0 Å². The number of hydrogen-bond donors (Lipinski definition) is 1. The van der Waals surface area contributed by atoms with E-state index in [1.807, 2.05) is 12.4 Å². The molecule has 0 saturated heterocycles. The number of hydrogen-bond acceptors (Lipinski definition) is 2. The number of nitrogens with zero attached hydrogens (tertiary/aromatic N) is 1. The average molecular weight is 238 g/mol. The maximum absolute atomic E-state index is 4.20. The maximum atomic E-state index is 4.20. The highest BCUT2D eigenvalue weighted by Crippen LogP contribution is 2.30. The van der Waals surface area contributed by atoms with Gasteiger partial charge in [-0.3, -0.25) is 4.98 Å². The molecule has 1 aromatic carbocycles. The summed E-state index contributed by atoms with van der Waals surface area (Å²) in [6.07, 6.45) is 6.21. The molecule has 0 spiro atoms. The molecule has 1 unspecified atom stereocenters. The SMILES string of the molecule is Cc1ccncc1CNC1CCc2ccccc21. The molecule has 18 heavy (non-hydrogen) atoms. The Labute approximate surface area is 108 Å². The first-order valence-corrected chi connectivity index (χ1v) is 6.55. The van der Waals surface area contributed by atoms with Crippen LogP contribution in [-0.4, -0.2) is 4.98 Å². The first kappa shape index (κ1) is 11.4. The molecule has 0 amide bonds. The molecule has 1 aliphatic rings. The van der Waals surface area contributed by atoms with Crippen molar-refractivity contribution in [3.05, 3.63) is 65.0 Å². The smallest absolute Gasteiger partial charge is 0.0329 e. The highest BCUT2D eigenvalue weighted by Gasteiger charge is 2.21. The molecule has 2 heteroatoms. The number of nitrogens with one attached hydrogen (secondary N) is 1. The van der Waals surface area contributed by atoms with Crippen LogP contribution >= 0.6 is 0 Å².